The first-order valence-corrected chi connectivity index (χ1v) is 9.35. The number of aryl methyl sites for hydroxylation is 1. The molecule has 2 fully saturated rings. The van der Waals surface area contributed by atoms with E-state index in [1.165, 1.54) is 24.8 Å². The normalized spacial score (nSPS) is 21.9. The van der Waals surface area contributed by atoms with Crippen LogP contribution in [0.25, 0.3) is 0 Å². The van der Waals surface area contributed by atoms with Crippen molar-refractivity contribution in [3.8, 4) is 0 Å². The summed E-state index contributed by atoms with van der Waals surface area (Å²) < 4.78 is 0. The van der Waals surface area contributed by atoms with Gasteiger partial charge in [0, 0.05) is 25.6 Å². The molecule has 24 heavy (non-hydrogen) atoms. The van der Waals surface area contributed by atoms with Gasteiger partial charge in [0.1, 0.15) is 0 Å². The second-order valence-electron chi connectivity index (χ2n) is 7.12. The summed E-state index contributed by atoms with van der Waals surface area (Å²) in [7, 11) is 0. The topological polar surface area (TPSA) is 49.4 Å². The van der Waals surface area contributed by atoms with Crippen LogP contribution in [0.1, 0.15) is 50.5 Å². The predicted octanol–water partition coefficient (Wildman–Crippen LogP) is 2.92. The summed E-state index contributed by atoms with van der Waals surface area (Å²) in [6.45, 7) is 1.30. The van der Waals surface area contributed by atoms with Crippen molar-refractivity contribution in [1.29, 1.82) is 0 Å². The van der Waals surface area contributed by atoms with Crippen molar-refractivity contribution in [3.63, 3.8) is 0 Å². The highest BCUT2D eigenvalue weighted by atomic mass is 16.2. The maximum absolute atomic E-state index is 12.3. The number of benzene rings is 1. The van der Waals surface area contributed by atoms with E-state index >= 15 is 0 Å². The van der Waals surface area contributed by atoms with Crippen LogP contribution < -0.4 is 5.32 Å². The maximum Gasteiger partial charge on any atom is 0.225 e. The fraction of sp³-hybridized carbons (Fsp3) is 0.600. The van der Waals surface area contributed by atoms with Crippen LogP contribution in [0, 0.1) is 5.92 Å². The molecule has 1 aliphatic carbocycles. The van der Waals surface area contributed by atoms with Gasteiger partial charge in [0.15, 0.2) is 0 Å². The Balaban J connectivity index is 1.40. The quantitative estimate of drug-likeness (QED) is 0.816. The van der Waals surface area contributed by atoms with Crippen LogP contribution in [0.2, 0.25) is 0 Å². The van der Waals surface area contributed by atoms with E-state index in [1.807, 2.05) is 23.1 Å². The zero-order valence-corrected chi connectivity index (χ0v) is 14.4. The average molecular weight is 328 g/mol. The Bertz CT molecular complexity index is 552. The molecule has 2 aliphatic rings. The zero-order valence-electron chi connectivity index (χ0n) is 14.4. The largest absolute Gasteiger partial charge is 0.356 e. The van der Waals surface area contributed by atoms with E-state index in [0.717, 1.165) is 25.7 Å². The molecular weight excluding hydrogens is 300 g/mol. The molecule has 2 amide bonds. The lowest BCUT2D eigenvalue weighted by Crippen LogP contribution is -2.39. The average Bonchev–Trinajstić information content (AvgIpc) is 3.02. The highest BCUT2D eigenvalue weighted by Gasteiger charge is 2.37. The Morgan fingerprint density at radius 3 is 2.62 bits per heavy atom. The predicted molar refractivity (Wildman–Crippen MR) is 94.5 cm³/mol. The van der Waals surface area contributed by atoms with Crippen molar-refractivity contribution in [1.82, 2.24) is 10.2 Å². The summed E-state index contributed by atoms with van der Waals surface area (Å²) in [4.78, 5) is 26.6. The van der Waals surface area contributed by atoms with Gasteiger partial charge in [0.2, 0.25) is 11.8 Å². The van der Waals surface area contributed by atoms with Gasteiger partial charge in [-0.15, -0.1) is 0 Å². The molecule has 0 radical (unpaired) electrons. The number of carbonyl (C=O) groups is 2. The fourth-order valence-electron chi connectivity index (χ4n) is 3.95. The second kappa shape index (κ2) is 8.32. The molecule has 0 spiro atoms. The minimum Gasteiger partial charge on any atom is -0.356 e. The van der Waals surface area contributed by atoms with Gasteiger partial charge in [-0.05, 0) is 31.2 Å². The van der Waals surface area contributed by atoms with Gasteiger partial charge >= 0.3 is 0 Å². The molecule has 1 aromatic carbocycles. The Morgan fingerprint density at radius 2 is 1.88 bits per heavy atom. The third-order valence-electron chi connectivity index (χ3n) is 5.33. The molecular formula is C20H28N2O2. The Morgan fingerprint density at radius 1 is 1.12 bits per heavy atom. The number of rotatable bonds is 6. The fourth-order valence-corrected chi connectivity index (χ4v) is 3.95. The highest BCUT2D eigenvalue weighted by molar-refractivity contribution is 5.89. The number of nitrogens with one attached hydrogen (secondary N) is 1. The van der Waals surface area contributed by atoms with Crippen LogP contribution in [0.15, 0.2) is 30.3 Å². The van der Waals surface area contributed by atoms with Crippen molar-refractivity contribution >= 4 is 11.8 Å². The first kappa shape index (κ1) is 17.0. The third kappa shape index (κ3) is 4.37. The number of amides is 2. The molecule has 0 aromatic heterocycles. The van der Waals surface area contributed by atoms with Crippen LogP contribution in [0.3, 0.4) is 0 Å². The molecule has 1 saturated carbocycles. The van der Waals surface area contributed by atoms with Gasteiger partial charge in [-0.25, -0.2) is 0 Å². The highest BCUT2D eigenvalue weighted by Crippen LogP contribution is 2.28. The van der Waals surface area contributed by atoms with Gasteiger partial charge in [-0.3, -0.25) is 9.59 Å². The summed E-state index contributed by atoms with van der Waals surface area (Å²) in [6, 6.07) is 10.7. The summed E-state index contributed by atoms with van der Waals surface area (Å²) in [5.74, 6) is 0.0669. The summed E-state index contributed by atoms with van der Waals surface area (Å²) in [5, 5.41) is 3.02. The Labute approximate surface area is 144 Å². The Kier molecular flexibility index (Phi) is 5.89. The molecule has 3 rings (SSSR count). The SMILES string of the molecule is O=C(NCCCc1ccccc1)[C@H]1CC(=O)N(C2CCCCC2)C1. The summed E-state index contributed by atoms with van der Waals surface area (Å²) in [5.41, 5.74) is 1.30. The van der Waals surface area contributed by atoms with E-state index in [2.05, 4.69) is 17.4 Å². The Hall–Kier alpha value is -1.84. The molecule has 0 unspecified atom stereocenters. The first-order valence-electron chi connectivity index (χ1n) is 9.35. The minimum absolute atomic E-state index is 0.0507. The van der Waals surface area contributed by atoms with E-state index in [0.29, 0.717) is 25.6 Å². The van der Waals surface area contributed by atoms with Gasteiger partial charge in [0.05, 0.1) is 5.92 Å². The first-order chi connectivity index (χ1) is 11.7. The summed E-state index contributed by atoms with van der Waals surface area (Å²) >= 11 is 0. The van der Waals surface area contributed by atoms with Crippen LogP contribution in [-0.2, 0) is 16.0 Å². The number of nitrogens with zero attached hydrogens (tertiary/aromatic N) is 1. The molecule has 1 saturated heterocycles. The number of hydrogen-bond donors (Lipinski definition) is 1. The van der Waals surface area contributed by atoms with E-state index < -0.39 is 0 Å². The molecule has 0 bridgehead atoms. The van der Waals surface area contributed by atoms with E-state index in [-0.39, 0.29) is 17.7 Å². The van der Waals surface area contributed by atoms with Crippen LogP contribution in [0.4, 0.5) is 0 Å². The number of likely N-dealkylation sites (tertiary alicyclic amines) is 1. The molecule has 1 heterocycles. The second-order valence-corrected chi connectivity index (χ2v) is 7.12. The lowest BCUT2D eigenvalue weighted by molar-refractivity contribution is -0.130. The van der Waals surface area contributed by atoms with Crippen molar-refractivity contribution in [3.05, 3.63) is 35.9 Å². The van der Waals surface area contributed by atoms with Crippen molar-refractivity contribution in [2.75, 3.05) is 13.1 Å². The van der Waals surface area contributed by atoms with E-state index in [4.69, 9.17) is 0 Å². The molecule has 4 heteroatoms. The number of hydrogen-bond acceptors (Lipinski definition) is 2. The zero-order chi connectivity index (χ0) is 16.8. The summed E-state index contributed by atoms with van der Waals surface area (Å²) in [6.07, 6.45) is 8.22. The van der Waals surface area contributed by atoms with Crippen molar-refractivity contribution in [2.24, 2.45) is 5.92 Å². The van der Waals surface area contributed by atoms with Crippen LogP contribution >= 0.6 is 0 Å². The lowest BCUT2D eigenvalue weighted by atomic mass is 9.94. The minimum atomic E-state index is -0.156. The van der Waals surface area contributed by atoms with Crippen molar-refractivity contribution < 1.29 is 9.59 Å². The van der Waals surface area contributed by atoms with Crippen molar-refractivity contribution in [2.45, 2.75) is 57.4 Å². The van der Waals surface area contributed by atoms with Gasteiger partial charge < -0.3 is 10.2 Å². The molecule has 1 aliphatic heterocycles. The van der Waals surface area contributed by atoms with E-state index in [1.54, 1.807) is 0 Å². The molecule has 4 nitrogen and oxygen atoms in total. The molecule has 1 aromatic rings. The standard InChI is InChI=1S/C20H28N2O2/c23-19-14-17(15-22(19)18-11-5-2-6-12-18)20(24)21-13-7-10-16-8-3-1-4-9-16/h1,3-4,8-9,17-18H,2,5-7,10-15H2,(H,21,24)/t17-/m0/s1. The van der Waals surface area contributed by atoms with Crippen LogP contribution in [0.5, 0.6) is 0 Å². The smallest absolute Gasteiger partial charge is 0.225 e. The molecule has 1 atom stereocenters. The van der Waals surface area contributed by atoms with E-state index in [9.17, 15) is 9.59 Å². The van der Waals surface area contributed by atoms with Gasteiger partial charge in [-0.2, -0.15) is 0 Å². The number of carbonyl (C=O) groups excluding carboxylic acids is 2. The van der Waals surface area contributed by atoms with Gasteiger partial charge in [0.25, 0.3) is 0 Å². The third-order valence-corrected chi connectivity index (χ3v) is 5.33. The van der Waals surface area contributed by atoms with Gasteiger partial charge in [-0.1, -0.05) is 49.6 Å². The molecule has 130 valence electrons. The van der Waals surface area contributed by atoms with Crippen LogP contribution in [-0.4, -0.2) is 35.8 Å². The maximum atomic E-state index is 12.3. The monoisotopic (exact) mass is 328 g/mol. The molecule has 1 N–H and O–H groups in total. The lowest BCUT2D eigenvalue weighted by Gasteiger charge is -2.31.